The van der Waals surface area contributed by atoms with Crippen LogP contribution in [0.4, 0.5) is 4.39 Å². The van der Waals surface area contributed by atoms with Crippen molar-refractivity contribution in [1.82, 2.24) is 15.5 Å². The lowest BCUT2D eigenvalue weighted by atomic mass is 10.1. The van der Waals surface area contributed by atoms with Crippen LogP contribution in [0.15, 0.2) is 46.8 Å². The van der Waals surface area contributed by atoms with E-state index in [1.807, 2.05) is 18.2 Å². The Morgan fingerprint density at radius 3 is 2.65 bits per heavy atom. The molecule has 0 spiro atoms. The zero-order valence-corrected chi connectivity index (χ0v) is 18.6. The number of nitrogens with one attached hydrogen (secondary N) is 2. The predicted molar refractivity (Wildman–Crippen MR) is 121 cm³/mol. The minimum absolute atomic E-state index is 0. The van der Waals surface area contributed by atoms with Gasteiger partial charge in [0.25, 0.3) is 0 Å². The van der Waals surface area contributed by atoms with Crippen LogP contribution in [0.2, 0.25) is 0 Å². The minimum Gasteiger partial charge on any atom is -0.357 e. The zero-order valence-electron chi connectivity index (χ0n) is 15.4. The Morgan fingerprint density at radius 2 is 2.04 bits per heavy atom. The molecule has 146 valence electrons. The van der Waals surface area contributed by atoms with Crippen LogP contribution in [-0.4, -0.2) is 55.4 Å². The molecule has 0 radical (unpaired) electrons. The number of halogens is 2. The van der Waals surface area contributed by atoms with Gasteiger partial charge in [0.1, 0.15) is 5.82 Å². The minimum atomic E-state index is -0.194. The molecule has 1 heterocycles. The van der Waals surface area contributed by atoms with E-state index in [0.717, 1.165) is 62.2 Å². The van der Waals surface area contributed by atoms with E-state index >= 15 is 0 Å². The van der Waals surface area contributed by atoms with Crippen molar-refractivity contribution in [3.05, 3.63) is 42.7 Å². The normalized spacial score (nSPS) is 16.0. The van der Waals surface area contributed by atoms with E-state index in [2.05, 4.69) is 34.0 Å². The maximum Gasteiger partial charge on any atom is 0.191 e. The molecule has 1 aromatic carbocycles. The first-order valence-electron chi connectivity index (χ1n) is 8.97. The van der Waals surface area contributed by atoms with Gasteiger partial charge in [-0.05, 0) is 44.0 Å². The van der Waals surface area contributed by atoms with Crippen LogP contribution in [-0.2, 0) is 0 Å². The average Bonchev–Trinajstić information content (AvgIpc) is 2.62. The van der Waals surface area contributed by atoms with Crippen molar-refractivity contribution in [2.45, 2.75) is 30.7 Å². The summed E-state index contributed by atoms with van der Waals surface area (Å²) in [6.07, 6.45) is 4.23. The number of benzene rings is 1. The Morgan fingerprint density at radius 1 is 1.35 bits per heavy atom. The molecule has 1 aliphatic rings. The van der Waals surface area contributed by atoms with Gasteiger partial charge in [0.05, 0.1) is 6.54 Å². The van der Waals surface area contributed by atoms with Crippen LogP contribution < -0.4 is 10.6 Å². The summed E-state index contributed by atoms with van der Waals surface area (Å²) in [7, 11) is 0. The van der Waals surface area contributed by atoms with E-state index in [4.69, 9.17) is 0 Å². The molecule has 0 bridgehead atoms. The second-order valence-corrected chi connectivity index (χ2v) is 7.24. The fraction of sp³-hybridized carbons (Fsp3) is 0.526. The molecule has 0 saturated carbocycles. The fourth-order valence-electron chi connectivity index (χ4n) is 2.81. The molecular weight excluding hydrogens is 462 g/mol. The first kappa shape index (κ1) is 23.2. The largest absolute Gasteiger partial charge is 0.357 e. The van der Waals surface area contributed by atoms with E-state index in [0.29, 0.717) is 6.04 Å². The zero-order chi connectivity index (χ0) is 17.9. The van der Waals surface area contributed by atoms with Crippen molar-refractivity contribution in [2.24, 2.45) is 4.99 Å². The summed E-state index contributed by atoms with van der Waals surface area (Å²) < 4.78 is 12.9. The molecule has 0 unspecified atom stereocenters. The molecule has 2 rings (SSSR count). The van der Waals surface area contributed by atoms with Crippen molar-refractivity contribution in [1.29, 1.82) is 0 Å². The van der Waals surface area contributed by atoms with Crippen LogP contribution in [0.3, 0.4) is 0 Å². The number of hydrogen-bond donors (Lipinski definition) is 2. The Labute approximate surface area is 178 Å². The number of guanidine groups is 1. The van der Waals surface area contributed by atoms with Crippen molar-refractivity contribution in [3.8, 4) is 0 Å². The molecule has 26 heavy (non-hydrogen) atoms. The smallest absolute Gasteiger partial charge is 0.191 e. The summed E-state index contributed by atoms with van der Waals surface area (Å²) >= 11 is 1.70. The van der Waals surface area contributed by atoms with E-state index in [1.165, 1.54) is 12.1 Å². The van der Waals surface area contributed by atoms with E-state index < -0.39 is 0 Å². The third-order valence-electron chi connectivity index (χ3n) is 4.10. The summed E-state index contributed by atoms with van der Waals surface area (Å²) in [6, 6.07) is 7.09. The molecule has 0 aliphatic carbocycles. The van der Waals surface area contributed by atoms with Gasteiger partial charge in [-0.25, -0.2) is 4.39 Å². The molecule has 1 fully saturated rings. The van der Waals surface area contributed by atoms with Gasteiger partial charge in [0, 0.05) is 42.9 Å². The molecule has 0 amide bonds. The van der Waals surface area contributed by atoms with Gasteiger partial charge in [-0.3, -0.25) is 9.89 Å². The number of aliphatic imine (C=N–C) groups is 1. The summed E-state index contributed by atoms with van der Waals surface area (Å²) in [5, 5.41) is 6.88. The highest BCUT2D eigenvalue weighted by atomic mass is 127. The molecule has 0 aromatic heterocycles. The lowest BCUT2D eigenvalue weighted by Crippen LogP contribution is -2.48. The highest BCUT2D eigenvalue weighted by molar-refractivity contribution is 14.0. The quantitative estimate of drug-likeness (QED) is 0.145. The molecule has 1 saturated heterocycles. The van der Waals surface area contributed by atoms with Gasteiger partial charge in [-0.2, -0.15) is 0 Å². The molecule has 7 heteroatoms. The Hall–Kier alpha value is -0.800. The summed E-state index contributed by atoms with van der Waals surface area (Å²) in [5.41, 5.74) is 0. The second-order valence-electron chi connectivity index (χ2n) is 6.07. The molecule has 1 aliphatic heterocycles. The Balaban J connectivity index is 0.00000338. The first-order chi connectivity index (χ1) is 12.2. The average molecular weight is 492 g/mol. The third-order valence-corrected chi connectivity index (χ3v) is 5.10. The van der Waals surface area contributed by atoms with Crippen molar-refractivity contribution in [3.63, 3.8) is 0 Å². The summed E-state index contributed by atoms with van der Waals surface area (Å²) in [5.74, 6) is 1.57. The Kier molecular flexibility index (Phi) is 12.0. The fourth-order valence-corrected chi connectivity index (χ4v) is 3.55. The number of nitrogens with zero attached hydrogens (tertiary/aromatic N) is 2. The first-order valence-corrected chi connectivity index (χ1v) is 9.96. The van der Waals surface area contributed by atoms with Crippen LogP contribution in [0.5, 0.6) is 0 Å². The summed E-state index contributed by atoms with van der Waals surface area (Å²) in [4.78, 5) is 8.16. The highest BCUT2D eigenvalue weighted by Gasteiger charge is 2.18. The van der Waals surface area contributed by atoms with Gasteiger partial charge >= 0.3 is 0 Å². The second kappa shape index (κ2) is 13.4. The van der Waals surface area contributed by atoms with Crippen LogP contribution in [0.1, 0.15) is 19.8 Å². The maximum absolute atomic E-state index is 12.9. The lowest BCUT2D eigenvalue weighted by molar-refractivity contribution is 0.225. The number of likely N-dealkylation sites (tertiary alicyclic amines) is 1. The Bertz CT molecular complexity index is 545. The van der Waals surface area contributed by atoms with Crippen LogP contribution >= 0.6 is 35.7 Å². The lowest BCUT2D eigenvalue weighted by Gasteiger charge is -2.32. The predicted octanol–water partition coefficient (Wildman–Crippen LogP) is 3.74. The molecule has 2 N–H and O–H groups in total. The highest BCUT2D eigenvalue weighted by Crippen LogP contribution is 2.17. The van der Waals surface area contributed by atoms with Crippen molar-refractivity contribution >= 4 is 41.7 Å². The van der Waals surface area contributed by atoms with Crippen molar-refractivity contribution in [2.75, 3.05) is 38.5 Å². The molecule has 4 nitrogen and oxygen atoms in total. The van der Waals surface area contributed by atoms with E-state index in [-0.39, 0.29) is 29.8 Å². The van der Waals surface area contributed by atoms with E-state index in [1.54, 1.807) is 11.8 Å². The number of hydrogen-bond acceptors (Lipinski definition) is 3. The van der Waals surface area contributed by atoms with Crippen molar-refractivity contribution < 1.29 is 4.39 Å². The topological polar surface area (TPSA) is 39.7 Å². The molecule has 0 atom stereocenters. The number of thioether (sulfide) groups is 1. The van der Waals surface area contributed by atoms with Gasteiger partial charge in [-0.15, -0.1) is 42.3 Å². The van der Waals surface area contributed by atoms with Gasteiger partial charge < -0.3 is 10.6 Å². The standard InChI is InChI=1S/C19H29FN4S.HI/c1-3-12-24-13-9-17(10-14-24)23-19(21-4-2)22-11-15-25-18-7-5-16(20)6-8-18;/h3,5-8,17H,1,4,9-15H2,2H3,(H2,21,22,23);1H. The molecular formula is C19H30FIN4S. The maximum atomic E-state index is 12.9. The monoisotopic (exact) mass is 492 g/mol. The van der Waals surface area contributed by atoms with Gasteiger partial charge in [0.2, 0.25) is 0 Å². The van der Waals surface area contributed by atoms with E-state index in [9.17, 15) is 4.39 Å². The number of piperidine rings is 1. The third kappa shape index (κ3) is 8.73. The van der Waals surface area contributed by atoms with Crippen LogP contribution in [0.25, 0.3) is 0 Å². The number of rotatable bonds is 8. The van der Waals surface area contributed by atoms with Gasteiger partial charge in [-0.1, -0.05) is 6.08 Å². The SMILES string of the molecule is C=CCN1CCC(NC(=NCCSc2ccc(F)cc2)NCC)CC1.I. The van der Waals surface area contributed by atoms with Gasteiger partial charge in [0.15, 0.2) is 5.96 Å². The summed E-state index contributed by atoms with van der Waals surface area (Å²) in [6.45, 7) is 10.6. The van der Waals surface area contributed by atoms with Crippen LogP contribution in [0, 0.1) is 5.82 Å². The molecule has 1 aromatic rings.